The van der Waals surface area contributed by atoms with E-state index in [2.05, 4.69) is 30.3 Å². The van der Waals surface area contributed by atoms with Gasteiger partial charge in [0.1, 0.15) is 0 Å². The summed E-state index contributed by atoms with van der Waals surface area (Å²) in [6, 6.07) is 36.5. The first-order chi connectivity index (χ1) is 19.7. The van der Waals surface area contributed by atoms with E-state index in [0.717, 1.165) is 30.7 Å². The Labute approximate surface area is 248 Å². The number of nitrogens with zero attached hydrogens (tertiary/aromatic N) is 6. The van der Waals surface area contributed by atoms with Crippen molar-refractivity contribution in [3.05, 3.63) is 109 Å². The lowest BCUT2D eigenvalue weighted by atomic mass is 10.2. The van der Waals surface area contributed by atoms with Gasteiger partial charge in [-0.2, -0.15) is 9.97 Å². The largest absolute Gasteiger partial charge is 0.202 e. The SMILES string of the molecule is c1ccc(-c2nc3nc(n2)Sc2ccccc2Sc2nc(nc(-c4ccccc4)n2)Sc2cccc(c2)S3)cc1. The van der Waals surface area contributed by atoms with Gasteiger partial charge < -0.3 is 0 Å². The molecular formula is C30H18N6S4. The minimum atomic E-state index is 0.631. The lowest BCUT2D eigenvalue weighted by molar-refractivity contribution is 0.807. The Kier molecular flexibility index (Phi) is 7.22. The van der Waals surface area contributed by atoms with Crippen LogP contribution in [0.1, 0.15) is 0 Å². The van der Waals surface area contributed by atoms with Crippen molar-refractivity contribution in [2.75, 3.05) is 0 Å². The zero-order valence-corrected chi connectivity index (χ0v) is 24.0. The molecule has 1 aliphatic heterocycles. The highest BCUT2D eigenvalue weighted by Gasteiger charge is 2.17. The summed E-state index contributed by atoms with van der Waals surface area (Å²) in [5.74, 6) is 1.29. The van der Waals surface area contributed by atoms with E-state index in [-0.39, 0.29) is 0 Å². The van der Waals surface area contributed by atoms with Crippen LogP contribution in [0, 0.1) is 0 Å². The fourth-order valence-corrected chi connectivity index (χ4v) is 7.53. The molecular weight excluding hydrogens is 573 g/mol. The van der Waals surface area contributed by atoms with Gasteiger partial charge in [-0.15, -0.1) is 0 Å². The van der Waals surface area contributed by atoms with Crippen LogP contribution in [0.3, 0.4) is 0 Å². The molecule has 0 N–H and O–H groups in total. The highest BCUT2D eigenvalue weighted by Crippen LogP contribution is 2.40. The lowest BCUT2D eigenvalue weighted by Crippen LogP contribution is -1.98. The van der Waals surface area contributed by atoms with Crippen molar-refractivity contribution in [3.8, 4) is 22.8 Å². The van der Waals surface area contributed by atoms with Crippen LogP contribution in [0.25, 0.3) is 22.8 Å². The molecule has 0 aliphatic carbocycles. The molecule has 192 valence electrons. The smallest absolute Gasteiger partial charge is 0.197 e. The van der Waals surface area contributed by atoms with Crippen LogP contribution in [0.15, 0.2) is 149 Å². The van der Waals surface area contributed by atoms with E-state index < -0.39 is 0 Å². The van der Waals surface area contributed by atoms with Gasteiger partial charge in [0, 0.05) is 30.7 Å². The van der Waals surface area contributed by atoms with Gasteiger partial charge in [0.25, 0.3) is 0 Å². The molecule has 1 aliphatic rings. The fraction of sp³-hybridized carbons (Fsp3) is 0. The third-order valence-electron chi connectivity index (χ3n) is 5.73. The van der Waals surface area contributed by atoms with Gasteiger partial charge in [-0.05, 0) is 77.4 Å². The first kappa shape index (κ1) is 25.3. The molecule has 0 spiro atoms. The lowest BCUT2D eigenvalue weighted by Gasteiger charge is -2.10. The molecule has 2 aromatic heterocycles. The average molecular weight is 591 g/mol. The van der Waals surface area contributed by atoms with Gasteiger partial charge in [0.15, 0.2) is 32.3 Å². The maximum absolute atomic E-state index is 4.85. The molecule has 0 atom stereocenters. The Bertz CT molecular complexity index is 1690. The second kappa shape index (κ2) is 11.4. The predicted octanol–water partition coefficient (Wildman–Crippen LogP) is 8.31. The Balaban J connectivity index is 1.38. The summed E-state index contributed by atoms with van der Waals surface area (Å²) in [6.07, 6.45) is 0. The molecule has 0 radical (unpaired) electrons. The van der Waals surface area contributed by atoms with E-state index in [1.165, 1.54) is 47.0 Å². The van der Waals surface area contributed by atoms with Gasteiger partial charge >= 0.3 is 0 Å². The van der Waals surface area contributed by atoms with Gasteiger partial charge in [-0.25, -0.2) is 19.9 Å². The summed E-state index contributed by atoms with van der Waals surface area (Å²) >= 11 is 6.06. The predicted molar refractivity (Wildman–Crippen MR) is 160 cm³/mol. The quantitative estimate of drug-likeness (QED) is 0.196. The number of fused-ring (bicyclic) bond motifs is 7. The van der Waals surface area contributed by atoms with Crippen LogP contribution < -0.4 is 0 Å². The molecule has 0 fully saturated rings. The summed E-state index contributed by atoms with van der Waals surface area (Å²) in [6.45, 7) is 0. The summed E-state index contributed by atoms with van der Waals surface area (Å²) < 4.78 is 0. The second-order valence-corrected chi connectivity index (χ2v) is 12.6. The topological polar surface area (TPSA) is 77.3 Å². The zero-order chi connectivity index (χ0) is 26.7. The summed E-state index contributed by atoms with van der Waals surface area (Å²) in [5, 5.41) is 2.55. The van der Waals surface area contributed by atoms with Crippen LogP contribution in [-0.4, -0.2) is 29.9 Å². The first-order valence-corrected chi connectivity index (χ1v) is 15.6. The number of rotatable bonds is 2. The number of hydrogen-bond acceptors (Lipinski definition) is 10. The summed E-state index contributed by atoms with van der Waals surface area (Å²) in [5.41, 5.74) is 1.89. The molecule has 10 heteroatoms. The standard InChI is InChI=1S/C30H18N6S4/c1-3-10-19(11-4-1)25-31-27-35-29(33-25)39-23-16-7-8-17-24(23)40-30-34-26(20-12-5-2-6-13-20)32-28(36-30)38-22-15-9-14-21(18-22)37-27/h1-18H. The number of benzene rings is 4. The molecule has 40 heavy (non-hydrogen) atoms. The van der Waals surface area contributed by atoms with Gasteiger partial charge in [-0.3, -0.25) is 0 Å². The number of aromatic nitrogens is 6. The van der Waals surface area contributed by atoms with Crippen molar-refractivity contribution < 1.29 is 0 Å². The molecule has 6 bridgehead atoms. The minimum absolute atomic E-state index is 0.631. The van der Waals surface area contributed by atoms with E-state index >= 15 is 0 Å². The molecule has 3 heterocycles. The highest BCUT2D eigenvalue weighted by atomic mass is 32.2. The van der Waals surface area contributed by atoms with Crippen molar-refractivity contribution in [1.29, 1.82) is 0 Å². The average Bonchev–Trinajstić information content (AvgIpc) is 2.99. The summed E-state index contributed by atoms with van der Waals surface area (Å²) in [7, 11) is 0. The van der Waals surface area contributed by atoms with Crippen LogP contribution in [-0.2, 0) is 0 Å². The Hall–Kier alpha value is -3.70. The molecule has 0 saturated heterocycles. The maximum Gasteiger partial charge on any atom is 0.197 e. The fourth-order valence-electron chi connectivity index (χ4n) is 3.92. The Morgan fingerprint density at radius 3 is 1.20 bits per heavy atom. The number of hydrogen-bond donors (Lipinski definition) is 0. The van der Waals surface area contributed by atoms with Gasteiger partial charge in [0.2, 0.25) is 0 Å². The van der Waals surface area contributed by atoms with Crippen molar-refractivity contribution >= 4 is 47.0 Å². The van der Waals surface area contributed by atoms with Crippen LogP contribution >= 0.6 is 47.0 Å². The second-order valence-electron chi connectivity index (χ2n) is 8.51. The zero-order valence-electron chi connectivity index (χ0n) is 20.7. The van der Waals surface area contributed by atoms with E-state index in [0.29, 0.717) is 32.3 Å². The third-order valence-corrected chi connectivity index (χ3v) is 9.45. The summed E-state index contributed by atoms with van der Waals surface area (Å²) in [4.78, 5) is 33.1. The van der Waals surface area contributed by atoms with Crippen molar-refractivity contribution in [1.82, 2.24) is 29.9 Å². The van der Waals surface area contributed by atoms with Gasteiger partial charge in [0.05, 0.1) is 0 Å². The van der Waals surface area contributed by atoms with E-state index in [4.69, 9.17) is 29.9 Å². The van der Waals surface area contributed by atoms with E-state index in [1.807, 2.05) is 78.9 Å². The van der Waals surface area contributed by atoms with Crippen molar-refractivity contribution in [3.63, 3.8) is 0 Å². The molecule has 0 saturated carbocycles. The van der Waals surface area contributed by atoms with E-state index in [9.17, 15) is 0 Å². The highest BCUT2D eigenvalue weighted by molar-refractivity contribution is 8.02. The minimum Gasteiger partial charge on any atom is -0.202 e. The Morgan fingerprint density at radius 2 is 0.750 bits per heavy atom. The monoisotopic (exact) mass is 590 g/mol. The van der Waals surface area contributed by atoms with Crippen LogP contribution in [0.4, 0.5) is 0 Å². The molecule has 7 rings (SSSR count). The normalized spacial score (nSPS) is 12.6. The third kappa shape index (κ3) is 5.75. The molecule has 0 amide bonds. The van der Waals surface area contributed by atoms with Crippen molar-refractivity contribution in [2.45, 2.75) is 40.2 Å². The van der Waals surface area contributed by atoms with Crippen LogP contribution in [0.2, 0.25) is 0 Å². The molecule has 6 nitrogen and oxygen atoms in total. The molecule has 0 unspecified atom stereocenters. The first-order valence-electron chi connectivity index (χ1n) is 12.3. The van der Waals surface area contributed by atoms with E-state index in [1.54, 1.807) is 0 Å². The van der Waals surface area contributed by atoms with Crippen molar-refractivity contribution in [2.24, 2.45) is 0 Å². The Morgan fingerprint density at radius 1 is 0.350 bits per heavy atom. The molecule has 6 aromatic rings. The molecule has 4 aromatic carbocycles. The van der Waals surface area contributed by atoms with Crippen LogP contribution in [0.5, 0.6) is 0 Å². The van der Waals surface area contributed by atoms with Gasteiger partial charge in [-0.1, -0.05) is 78.9 Å². The maximum atomic E-state index is 4.85.